The SMILES string of the molecule is Nc1ccc(NC(=O)Cn2cc(Br)ccc2=O)c(Br)c1. The lowest BCUT2D eigenvalue weighted by molar-refractivity contribution is -0.116. The number of nitrogens with one attached hydrogen (secondary N) is 1. The first kappa shape index (κ1) is 14.8. The van der Waals surface area contributed by atoms with E-state index in [-0.39, 0.29) is 18.0 Å². The van der Waals surface area contributed by atoms with Gasteiger partial charge < -0.3 is 15.6 Å². The number of aromatic nitrogens is 1. The van der Waals surface area contributed by atoms with Gasteiger partial charge in [0.25, 0.3) is 5.56 Å². The monoisotopic (exact) mass is 399 g/mol. The van der Waals surface area contributed by atoms with Crippen molar-refractivity contribution in [3.63, 3.8) is 0 Å². The molecule has 2 aromatic rings. The van der Waals surface area contributed by atoms with Crippen molar-refractivity contribution in [1.29, 1.82) is 0 Å². The smallest absolute Gasteiger partial charge is 0.251 e. The Labute approximate surface area is 132 Å². The van der Waals surface area contributed by atoms with Crippen molar-refractivity contribution in [2.24, 2.45) is 0 Å². The van der Waals surface area contributed by atoms with Crippen LogP contribution in [0, 0.1) is 0 Å². The summed E-state index contributed by atoms with van der Waals surface area (Å²) in [5.41, 5.74) is 6.59. The lowest BCUT2D eigenvalue weighted by atomic mass is 10.3. The van der Waals surface area contributed by atoms with Crippen LogP contribution < -0.4 is 16.6 Å². The quantitative estimate of drug-likeness (QED) is 0.777. The molecule has 0 aliphatic rings. The first-order chi connectivity index (χ1) is 9.45. The van der Waals surface area contributed by atoms with E-state index in [0.717, 1.165) is 4.47 Å². The van der Waals surface area contributed by atoms with E-state index in [2.05, 4.69) is 37.2 Å². The van der Waals surface area contributed by atoms with Crippen LogP contribution in [-0.2, 0) is 11.3 Å². The van der Waals surface area contributed by atoms with E-state index in [4.69, 9.17) is 5.73 Å². The topological polar surface area (TPSA) is 77.1 Å². The highest BCUT2D eigenvalue weighted by molar-refractivity contribution is 9.10. The summed E-state index contributed by atoms with van der Waals surface area (Å²) in [6.07, 6.45) is 1.57. The molecule has 0 aliphatic carbocycles. The molecule has 0 saturated carbocycles. The Morgan fingerprint density at radius 3 is 2.70 bits per heavy atom. The summed E-state index contributed by atoms with van der Waals surface area (Å²) < 4.78 is 2.75. The number of halogens is 2. The average Bonchev–Trinajstić information content (AvgIpc) is 2.37. The molecule has 0 bridgehead atoms. The third-order valence-corrected chi connectivity index (χ3v) is 3.65. The van der Waals surface area contributed by atoms with Crippen LogP contribution in [-0.4, -0.2) is 10.5 Å². The number of amides is 1. The Morgan fingerprint density at radius 2 is 2.00 bits per heavy atom. The number of nitrogen functional groups attached to an aromatic ring is 1. The number of pyridine rings is 1. The molecule has 0 fully saturated rings. The van der Waals surface area contributed by atoms with Gasteiger partial charge in [-0.1, -0.05) is 0 Å². The maximum absolute atomic E-state index is 11.9. The van der Waals surface area contributed by atoms with Crippen molar-refractivity contribution in [1.82, 2.24) is 4.57 Å². The van der Waals surface area contributed by atoms with Gasteiger partial charge in [-0.3, -0.25) is 9.59 Å². The number of hydrogen-bond acceptors (Lipinski definition) is 3. The van der Waals surface area contributed by atoms with E-state index in [1.54, 1.807) is 30.5 Å². The molecule has 1 aromatic carbocycles. The van der Waals surface area contributed by atoms with Gasteiger partial charge in [-0.2, -0.15) is 0 Å². The summed E-state index contributed by atoms with van der Waals surface area (Å²) in [7, 11) is 0. The molecule has 3 N–H and O–H groups in total. The molecule has 0 spiro atoms. The minimum atomic E-state index is -0.296. The Hall–Kier alpha value is -1.60. The summed E-state index contributed by atoms with van der Waals surface area (Å²) in [6, 6.07) is 8.11. The molecule has 1 amide bonds. The second kappa shape index (κ2) is 6.23. The molecule has 1 heterocycles. The van der Waals surface area contributed by atoms with Gasteiger partial charge in [-0.05, 0) is 56.1 Å². The van der Waals surface area contributed by atoms with E-state index < -0.39 is 0 Å². The molecule has 2 rings (SSSR count). The number of benzene rings is 1. The number of carbonyl (C=O) groups is 1. The maximum Gasteiger partial charge on any atom is 0.251 e. The van der Waals surface area contributed by atoms with Gasteiger partial charge in [0.1, 0.15) is 6.54 Å². The van der Waals surface area contributed by atoms with Gasteiger partial charge in [0, 0.05) is 26.9 Å². The van der Waals surface area contributed by atoms with Crippen LogP contribution in [0.4, 0.5) is 11.4 Å². The van der Waals surface area contributed by atoms with Crippen LogP contribution in [0.1, 0.15) is 0 Å². The molecular formula is C13H11Br2N3O2. The third kappa shape index (κ3) is 3.71. The first-order valence-corrected chi connectivity index (χ1v) is 7.25. The van der Waals surface area contributed by atoms with E-state index in [0.29, 0.717) is 15.8 Å². The van der Waals surface area contributed by atoms with E-state index in [1.165, 1.54) is 10.6 Å². The Bertz CT molecular complexity index is 713. The molecule has 1 aromatic heterocycles. The molecule has 20 heavy (non-hydrogen) atoms. The summed E-state index contributed by atoms with van der Waals surface area (Å²) in [5.74, 6) is -0.296. The molecule has 0 radical (unpaired) electrons. The van der Waals surface area contributed by atoms with Gasteiger partial charge in [0.05, 0.1) is 5.69 Å². The molecule has 0 atom stereocenters. The van der Waals surface area contributed by atoms with Crippen LogP contribution in [0.15, 0.2) is 50.3 Å². The van der Waals surface area contributed by atoms with Gasteiger partial charge >= 0.3 is 0 Å². The van der Waals surface area contributed by atoms with Crippen molar-refractivity contribution in [3.8, 4) is 0 Å². The zero-order chi connectivity index (χ0) is 14.7. The molecule has 0 saturated heterocycles. The first-order valence-electron chi connectivity index (χ1n) is 5.66. The van der Waals surface area contributed by atoms with Crippen LogP contribution >= 0.6 is 31.9 Å². The predicted molar refractivity (Wildman–Crippen MR) is 85.6 cm³/mol. The highest BCUT2D eigenvalue weighted by Gasteiger charge is 2.08. The van der Waals surface area contributed by atoms with Gasteiger partial charge in [0.15, 0.2) is 0 Å². The van der Waals surface area contributed by atoms with Gasteiger partial charge in [-0.15, -0.1) is 0 Å². The standard InChI is InChI=1S/C13H11Br2N3O2/c14-8-1-4-13(20)18(6-8)7-12(19)17-11-3-2-9(16)5-10(11)15/h1-6H,7,16H2,(H,17,19). The summed E-state index contributed by atoms with van der Waals surface area (Å²) >= 11 is 6.58. The molecule has 7 heteroatoms. The number of nitrogens with zero attached hydrogens (tertiary/aromatic N) is 1. The van der Waals surface area contributed by atoms with E-state index >= 15 is 0 Å². The van der Waals surface area contributed by atoms with Crippen LogP contribution in [0.25, 0.3) is 0 Å². The van der Waals surface area contributed by atoms with Gasteiger partial charge in [-0.25, -0.2) is 0 Å². The molecular weight excluding hydrogens is 390 g/mol. The zero-order valence-electron chi connectivity index (χ0n) is 10.3. The molecule has 5 nitrogen and oxygen atoms in total. The van der Waals surface area contributed by atoms with Crippen molar-refractivity contribution < 1.29 is 4.79 Å². The maximum atomic E-state index is 11.9. The van der Waals surface area contributed by atoms with Crippen molar-refractivity contribution >= 4 is 49.1 Å². The highest BCUT2D eigenvalue weighted by atomic mass is 79.9. The van der Waals surface area contributed by atoms with Crippen molar-refractivity contribution in [2.75, 3.05) is 11.1 Å². The Kier molecular flexibility index (Phi) is 4.61. The summed E-state index contributed by atoms with van der Waals surface area (Å²) in [4.78, 5) is 23.6. The predicted octanol–water partition coefficient (Wildman–Crippen LogP) is 2.59. The van der Waals surface area contributed by atoms with Crippen molar-refractivity contribution in [2.45, 2.75) is 6.54 Å². The minimum Gasteiger partial charge on any atom is -0.399 e. The number of hydrogen-bond donors (Lipinski definition) is 2. The third-order valence-electron chi connectivity index (χ3n) is 2.53. The summed E-state index contributed by atoms with van der Waals surface area (Å²) in [5, 5.41) is 2.72. The van der Waals surface area contributed by atoms with Crippen LogP contribution in [0.5, 0.6) is 0 Å². The average molecular weight is 401 g/mol. The number of carbonyl (C=O) groups excluding carboxylic acids is 1. The fraction of sp³-hybridized carbons (Fsp3) is 0.0769. The highest BCUT2D eigenvalue weighted by Crippen LogP contribution is 2.24. The van der Waals surface area contributed by atoms with E-state index in [9.17, 15) is 9.59 Å². The van der Waals surface area contributed by atoms with E-state index in [1.807, 2.05) is 0 Å². The number of rotatable bonds is 3. The number of nitrogens with two attached hydrogens (primary N) is 1. The zero-order valence-corrected chi connectivity index (χ0v) is 13.4. The van der Waals surface area contributed by atoms with Crippen LogP contribution in [0.3, 0.4) is 0 Å². The van der Waals surface area contributed by atoms with Crippen LogP contribution in [0.2, 0.25) is 0 Å². The van der Waals surface area contributed by atoms with Crippen molar-refractivity contribution in [3.05, 3.63) is 55.8 Å². The lowest BCUT2D eigenvalue weighted by Gasteiger charge is -2.09. The molecule has 0 aliphatic heterocycles. The molecule has 0 unspecified atom stereocenters. The Morgan fingerprint density at radius 1 is 1.25 bits per heavy atom. The fourth-order valence-electron chi connectivity index (χ4n) is 1.60. The molecule has 104 valence electrons. The fourth-order valence-corrected chi connectivity index (χ4v) is 2.48. The second-order valence-corrected chi connectivity index (χ2v) is 5.87. The van der Waals surface area contributed by atoms with Gasteiger partial charge in [0.2, 0.25) is 5.91 Å². The summed E-state index contributed by atoms with van der Waals surface area (Å²) in [6.45, 7) is -0.0604. The second-order valence-electron chi connectivity index (χ2n) is 4.10. The minimum absolute atomic E-state index is 0.0604. The Balaban J connectivity index is 2.13. The largest absolute Gasteiger partial charge is 0.399 e. The lowest BCUT2D eigenvalue weighted by Crippen LogP contribution is -2.26. The normalized spacial score (nSPS) is 10.3. The number of anilines is 2.